The summed E-state index contributed by atoms with van der Waals surface area (Å²) in [4.78, 5) is 23.8. The number of nitrogens with two attached hydrogens (primary N) is 1. The van der Waals surface area contributed by atoms with Gasteiger partial charge in [0, 0.05) is 17.4 Å². The molecule has 1 aromatic carbocycles. The van der Waals surface area contributed by atoms with Crippen LogP contribution >= 0.6 is 11.6 Å². The molecule has 25 heavy (non-hydrogen) atoms. The summed E-state index contributed by atoms with van der Waals surface area (Å²) < 4.78 is 0. The molecule has 0 atom stereocenters. The molecule has 2 heterocycles. The van der Waals surface area contributed by atoms with Crippen molar-refractivity contribution in [3.8, 4) is 0 Å². The quantitative estimate of drug-likeness (QED) is 0.598. The molecule has 3 aromatic rings. The van der Waals surface area contributed by atoms with E-state index in [-0.39, 0.29) is 5.78 Å². The first-order valence-electron chi connectivity index (χ1n) is 7.40. The molecule has 4 N–H and O–H groups in total. The Morgan fingerprint density at radius 3 is 2.28 bits per heavy atom. The van der Waals surface area contributed by atoms with E-state index in [4.69, 9.17) is 17.3 Å². The number of aromatic nitrogens is 3. The first-order chi connectivity index (χ1) is 12.0. The maximum absolute atomic E-state index is 11.3. The molecule has 0 radical (unpaired) electrons. The highest BCUT2D eigenvalue weighted by atomic mass is 35.5. The maximum Gasteiger partial charge on any atom is 0.160 e. The minimum Gasteiger partial charge on any atom is -0.393 e. The summed E-state index contributed by atoms with van der Waals surface area (Å²) in [5.41, 5.74) is 7.86. The molecular formula is C17H15ClN6O. The van der Waals surface area contributed by atoms with Crippen LogP contribution in [0.3, 0.4) is 0 Å². The van der Waals surface area contributed by atoms with Crippen molar-refractivity contribution in [2.24, 2.45) is 0 Å². The number of carbonyl (C=O) groups is 1. The second kappa shape index (κ2) is 7.14. The third kappa shape index (κ3) is 4.02. The molecule has 0 spiro atoms. The largest absolute Gasteiger partial charge is 0.393 e. The Hall–Kier alpha value is -3.19. The average Bonchev–Trinajstić information content (AvgIpc) is 2.61. The Kier molecular flexibility index (Phi) is 4.76. The van der Waals surface area contributed by atoms with E-state index in [0.717, 1.165) is 5.69 Å². The number of Topliss-reactive ketones (excluding diaryl/α,β-unsaturated/α-hetero) is 1. The molecule has 0 bridgehead atoms. The number of nitrogen functional groups attached to an aromatic ring is 1. The molecule has 2 aromatic heterocycles. The fourth-order valence-corrected chi connectivity index (χ4v) is 2.20. The molecule has 7 nitrogen and oxygen atoms in total. The number of hydrogen-bond donors (Lipinski definition) is 3. The predicted octanol–water partition coefficient (Wildman–Crippen LogP) is 3.80. The lowest BCUT2D eigenvalue weighted by molar-refractivity contribution is 0.101. The SMILES string of the molecule is CC(=O)c1ccc(Nc2ncnc(Nc3ccc(Cl)cn3)c2N)cc1. The number of ketones is 1. The van der Waals surface area contributed by atoms with E-state index >= 15 is 0 Å². The van der Waals surface area contributed by atoms with Crippen LogP contribution in [0.1, 0.15) is 17.3 Å². The lowest BCUT2D eigenvalue weighted by Crippen LogP contribution is -2.06. The number of halogens is 1. The van der Waals surface area contributed by atoms with Crippen molar-refractivity contribution in [1.82, 2.24) is 15.0 Å². The first kappa shape index (κ1) is 16.7. The normalized spacial score (nSPS) is 10.3. The minimum absolute atomic E-state index is 0.00931. The topological polar surface area (TPSA) is 106 Å². The zero-order chi connectivity index (χ0) is 17.8. The summed E-state index contributed by atoms with van der Waals surface area (Å²) >= 11 is 5.82. The van der Waals surface area contributed by atoms with Gasteiger partial charge in [-0.1, -0.05) is 11.6 Å². The highest BCUT2D eigenvalue weighted by Crippen LogP contribution is 2.27. The first-order valence-corrected chi connectivity index (χ1v) is 7.78. The molecule has 0 aliphatic heterocycles. The van der Waals surface area contributed by atoms with Crippen LogP contribution in [-0.2, 0) is 0 Å². The van der Waals surface area contributed by atoms with Crippen LogP contribution in [0.5, 0.6) is 0 Å². The van der Waals surface area contributed by atoms with Gasteiger partial charge in [0.15, 0.2) is 17.4 Å². The predicted molar refractivity (Wildman–Crippen MR) is 98.7 cm³/mol. The minimum atomic E-state index is 0.00931. The molecule has 0 fully saturated rings. The van der Waals surface area contributed by atoms with Gasteiger partial charge >= 0.3 is 0 Å². The number of pyridine rings is 1. The third-order valence-corrected chi connectivity index (χ3v) is 3.64. The van der Waals surface area contributed by atoms with E-state index in [1.807, 2.05) is 0 Å². The number of nitrogens with one attached hydrogen (secondary N) is 2. The van der Waals surface area contributed by atoms with Crippen molar-refractivity contribution in [2.45, 2.75) is 6.92 Å². The van der Waals surface area contributed by atoms with Crippen molar-refractivity contribution in [3.05, 3.63) is 59.5 Å². The van der Waals surface area contributed by atoms with E-state index in [1.54, 1.807) is 36.4 Å². The highest BCUT2D eigenvalue weighted by Gasteiger charge is 2.09. The van der Waals surface area contributed by atoms with E-state index in [9.17, 15) is 4.79 Å². The van der Waals surface area contributed by atoms with Crippen LogP contribution in [0.15, 0.2) is 48.9 Å². The van der Waals surface area contributed by atoms with Crippen molar-refractivity contribution in [1.29, 1.82) is 0 Å². The zero-order valence-corrected chi connectivity index (χ0v) is 14.1. The standard InChI is InChI=1S/C17H15ClN6O/c1-10(25)11-2-5-13(6-3-11)23-16-15(19)17(22-9-21-16)24-14-7-4-12(18)8-20-14/h2-9H,19H2,1H3,(H2,20,21,22,23,24). The second-order valence-electron chi connectivity index (χ2n) is 5.23. The summed E-state index contributed by atoms with van der Waals surface area (Å²) in [5, 5.41) is 6.66. The van der Waals surface area contributed by atoms with Crippen LogP contribution in [0.4, 0.5) is 28.8 Å². The Labute approximate surface area is 149 Å². The molecule has 8 heteroatoms. The Morgan fingerprint density at radius 2 is 1.68 bits per heavy atom. The van der Waals surface area contributed by atoms with Crippen LogP contribution in [0, 0.1) is 0 Å². The number of nitrogens with zero attached hydrogens (tertiary/aromatic N) is 3. The van der Waals surface area contributed by atoms with Gasteiger partial charge in [0.2, 0.25) is 0 Å². The van der Waals surface area contributed by atoms with Crippen LogP contribution < -0.4 is 16.4 Å². The maximum atomic E-state index is 11.3. The van der Waals surface area contributed by atoms with E-state index in [1.165, 1.54) is 19.4 Å². The molecule has 0 saturated heterocycles. The summed E-state index contributed by atoms with van der Waals surface area (Å²) in [6, 6.07) is 10.5. The van der Waals surface area contributed by atoms with Crippen LogP contribution in [0.25, 0.3) is 0 Å². The monoisotopic (exact) mass is 354 g/mol. The van der Waals surface area contributed by atoms with E-state index < -0.39 is 0 Å². The fraction of sp³-hybridized carbons (Fsp3) is 0.0588. The van der Waals surface area contributed by atoms with Crippen molar-refractivity contribution in [3.63, 3.8) is 0 Å². The number of anilines is 5. The molecule has 0 unspecified atom stereocenters. The Balaban J connectivity index is 1.80. The summed E-state index contributed by atoms with van der Waals surface area (Å²) in [6.07, 6.45) is 2.91. The van der Waals surface area contributed by atoms with Crippen LogP contribution in [0.2, 0.25) is 5.02 Å². The van der Waals surface area contributed by atoms with Gasteiger partial charge < -0.3 is 16.4 Å². The average molecular weight is 355 g/mol. The zero-order valence-electron chi connectivity index (χ0n) is 13.3. The molecule has 126 valence electrons. The van der Waals surface area contributed by atoms with Gasteiger partial charge in [-0.15, -0.1) is 0 Å². The number of rotatable bonds is 5. The molecular weight excluding hydrogens is 340 g/mol. The molecule has 0 saturated carbocycles. The molecule has 0 aliphatic rings. The summed E-state index contributed by atoms with van der Waals surface area (Å²) in [7, 11) is 0. The number of carbonyl (C=O) groups excluding carboxylic acids is 1. The summed E-state index contributed by atoms with van der Waals surface area (Å²) in [5.74, 6) is 1.44. The van der Waals surface area contributed by atoms with E-state index in [2.05, 4.69) is 25.6 Å². The van der Waals surface area contributed by atoms with Gasteiger partial charge in [-0.05, 0) is 43.3 Å². The molecule has 3 rings (SSSR count). The number of benzene rings is 1. The number of hydrogen-bond acceptors (Lipinski definition) is 7. The van der Waals surface area contributed by atoms with Gasteiger partial charge in [-0.2, -0.15) is 0 Å². The molecule has 0 amide bonds. The van der Waals surface area contributed by atoms with E-state index in [0.29, 0.717) is 33.7 Å². The third-order valence-electron chi connectivity index (χ3n) is 3.41. The van der Waals surface area contributed by atoms with Gasteiger partial charge in [0.05, 0.1) is 5.02 Å². The highest BCUT2D eigenvalue weighted by molar-refractivity contribution is 6.30. The van der Waals surface area contributed by atoms with Crippen molar-refractivity contribution >= 4 is 46.2 Å². The smallest absolute Gasteiger partial charge is 0.160 e. The Morgan fingerprint density at radius 1 is 1.00 bits per heavy atom. The van der Waals surface area contributed by atoms with Crippen LogP contribution in [-0.4, -0.2) is 20.7 Å². The fourth-order valence-electron chi connectivity index (χ4n) is 2.09. The van der Waals surface area contributed by atoms with Crippen molar-refractivity contribution in [2.75, 3.05) is 16.4 Å². The Bertz CT molecular complexity index is 896. The lowest BCUT2D eigenvalue weighted by Gasteiger charge is -2.12. The summed E-state index contributed by atoms with van der Waals surface area (Å²) in [6.45, 7) is 1.52. The van der Waals surface area contributed by atoms with Gasteiger partial charge in [-0.3, -0.25) is 4.79 Å². The lowest BCUT2D eigenvalue weighted by atomic mass is 10.1. The van der Waals surface area contributed by atoms with Gasteiger partial charge in [0.1, 0.15) is 17.8 Å². The second-order valence-corrected chi connectivity index (χ2v) is 5.67. The van der Waals surface area contributed by atoms with Crippen molar-refractivity contribution < 1.29 is 4.79 Å². The van der Waals surface area contributed by atoms with Gasteiger partial charge in [0.25, 0.3) is 0 Å². The molecule has 0 aliphatic carbocycles. The van der Waals surface area contributed by atoms with Gasteiger partial charge in [-0.25, -0.2) is 15.0 Å².